The molecule has 0 unspecified atom stereocenters. The van der Waals surface area contributed by atoms with Crippen LogP contribution in [0.25, 0.3) is 34.2 Å². The Hall–Kier alpha value is -11.0. The molecule has 6 aromatic rings. The molecule has 3 aliphatic heterocycles. The van der Waals surface area contributed by atoms with Crippen molar-refractivity contribution in [1.82, 2.24) is 84.7 Å². The zero-order valence-electron chi connectivity index (χ0n) is 64.3. The van der Waals surface area contributed by atoms with E-state index in [0.717, 1.165) is 11.1 Å². The normalized spacial score (nSPS) is 16.4. The van der Waals surface area contributed by atoms with Crippen molar-refractivity contribution in [2.75, 3.05) is 131 Å². The number of Topliss-reactive ketones (excluding diaryl/α,β-unsaturated/α-hetero) is 1. The molecule has 604 valence electrons. The number of phenolic OH excluding ortho intramolecular Hbond substituents is 4. The van der Waals surface area contributed by atoms with Crippen LogP contribution in [0.15, 0.2) is 72.8 Å². The van der Waals surface area contributed by atoms with Crippen molar-refractivity contribution >= 4 is 59.2 Å². The molecule has 35 heteroatoms. The largest absolute Gasteiger partial charge is 0.508 e. The maximum absolute atomic E-state index is 14.6. The summed E-state index contributed by atoms with van der Waals surface area (Å²) in [5.74, 6) is -8.67. The lowest BCUT2D eigenvalue weighted by Gasteiger charge is -2.36. The van der Waals surface area contributed by atoms with E-state index in [9.17, 15) is 88.8 Å². The monoisotopic (exact) mass is 1550 g/mol. The minimum absolute atomic E-state index is 0.00307. The number of carboxylic acid groups (broad SMARTS) is 4. The lowest BCUT2D eigenvalue weighted by Crippen LogP contribution is -2.57. The van der Waals surface area contributed by atoms with Crippen LogP contribution < -0.4 is 16.0 Å². The fraction of sp³-hybridized carbons (Fsp3) is 0.506. The Balaban J connectivity index is 0.874. The van der Waals surface area contributed by atoms with Gasteiger partial charge in [0.05, 0.1) is 37.2 Å². The molecule has 0 bridgehead atoms. The van der Waals surface area contributed by atoms with E-state index in [1.807, 2.05) is 71.0 Å². The Morgan fingerprint density at radius 2 is 0.893 bits per heavy atom. The van der Waals surface area contributed by atoms with Crippen molar-refractivity contribution in [3.8, 4) is 57.1 Å². The maximum atomic E-state index is 14.6. The molecule has 3 saturated heterocycles. The molecule has 9 rings (SSSR count). The smallest absolute Gasteiger partial charge is 0.320 e. The molecule has 4 aromatic carbocycles. The Bertz CT molecular complexity index is 4310. The molecule has 5 heterocycles. The number of aromatic hydroxyl groups is 4. The molecule has 112 heavy (non-hydrogen) atoms. The van der Waals surface area contributed by atoms with Gasteiger partial charge in [-0.05, 0) is 97.2 Å². The minimum Gasteiger partial charge on any atom is -0.508 e. The average molecular weight is 1550 g/mol. The highest BCUT2D eigenvalue weighted by atomic mass is 16.4. The van der Waals surface area contributed by atoms with Gasteiger partial charge in [-0.25, -0.2) is 0 Å². The van der Waals surface area contributed by atoms with E-state index in [2.05, 4.69) is 46.1 Å². The Kier molecular flexibility index (Phi) is 29.8. The summed E-state index contributed by atoms with van der Waals surface area (Å²) >= 11 is 0. The van der Waals surface area contributed by atoms with Crippen LogP contribution in [-0.2, 0) is 51.4 Å². The summed E-state index contributed by atoms with van der Waals surface area (Å²) < 4.78 is 3.12. The van der Waals surface area contributed by atoms with Gasteiger partial charge >= 0.3 is 23.9 Å². The Morgan fingerprint density at radius 3 is 1.31 bits per heavy atom. The van der Waals surface area contributed by atoms with Gasteiger partial charge in [0.15, 0.2) is 11.6 Å². The van der Waals surface area contributed by atoms with Crippen molar-refractivity contribution in [2.24, 2.45) is 0 Å². The second-order valence-corrected chi connectivity index (χ2v) is 29.1. The van der Waals surface area contributed by atoms with Gasteiger partial charge in [-0.1, -0.05) is 58.9 Å². The van der Waals surface area contributed by atoms with E-state index in [1.165, 1.54) is 38.3 Å². The predicted octanol–water partition coefficient (Wildman–Crippen LogP) is 3.06. The maximum Gasteiger partial charge on any atom is 0.320 e. The number of nitrogens with zero attached hydrogens (tertiary/aromatic N) is 14. The van der Waals surface area contributed by atoms with E-state index < -0.39 is 97.5 Å². The molecule has 0 aliphatic carbocycles. The zero-order valence-corrected chi connectivity index (χ0v) is 64.3. The first-order valence-electron chi connectivity index (χ1n) is 37.8. The van der Waals surface area contributed by atoms with Crippen molar-refractivity contribution in [1.29, 1.82) is 0 Å². The zero-order chi connectivity index (χ0) is 81.2. The van der Waals surface area contributed by atoms with Gasteiger partial charge in [-0.15, -0.1) is 20.4 Å². The van der Waals surface area contributed by atoms with Crippen LogP contribution in [0.4, 0.5) is 0 Å². The van der Waals surface area contributed by atoms with Gasteiger partial charge in [0.1, 0.15) is 41.1 Å². The highest BCUT2D eigenvalue weighted by molar-refractivity contribution is 5.96. The quantitative estimate of drug-likeness (QED) is 0.0270. The molecule has 0 saturated carbocycles. The summed E-state index contributed by atoms with van der Waals surface area (Å²) in [5, 5.41) is 109. The molecule has 3 fully saturated rings. The van der Waals surface area contributed by atoms with Crippen molar-refractivity contribution < 1.29 is 88.8 Å². The third-order valence-corrected chi connectivity index (χ3v) is 20.3. The number of ketones is 1. The summed E-state index contributed by atoms with van der Waals surface area (Å²) in [6.07, 6.45) is -0.632. The van der Waals surface area contributed by atoms with Crippen LogP contribution in [0, 0.1) is 0 Å². The van der Waals surface area contributed by atoms with Crippen LogP contribution in [0.1, 0.15) is 136 Å². The predicted molar refractivity (Wildman–Crippen MR) is 408 cm³/mol. The number of aliphatic carboxylic acids is 4. The number of piperazine rings is 2. The van der Waals surface area contributed by atoms with Crippen LogP contribution >= 0.6 is 0 Å². The number of aromatic nitrogens is 6. The van der Waals surface area contributed by atoms with Crippen LogP contribution in [0.5, 0.6) is 23.0 Å². The lowest BCUT2D eigenvalue weighted by molar-refractivity contribution is -0.145. The Morgan fingerprint density at radius 1 is 0.473 bits per heavy atom. The molecule has 0 radical (unpaired) electrons. The van der Waals surface area contributed by atoms with E-state index in [0.29, 0.717) is 74.7 Å². The molecule has 3 atom stereocenters. The van der Waals surface area contributed by atoms with Crippen molar-refractivity contribution in [2.45, 2.75) is 124 Å². The highest BCUT2D eigenvalue weighted by Crippen LogP contribution is 2.40. The number of amides is 5. The number of benzene rings is 4. The van der Waals surface area contributed by atoms with Crippen LogP contribution in [0.2, 0.25) is 0 Å². The third-order valence-electron chi connectivity index (χ3n) is 20.3. The SMILES string of the molecule is CCCC(=O)c1nnc(-c2cc(C(C)C)c(O)cc2O)n1-c1ccc(CN2CCN(C(=O)[C@@H](C)NC(=O)[C@@H](CC(=O)N3CCN(Cc4ccc(-n5c(C(=O)NCC)nnc5-c5cc(C(C)C)c(O)cc5O)cc4)CC3)NC(=O)CC[C@H](C(=O)O)N3CCN(CC(=O)O)CCN(CC(=O)O)CCN(CC(=O)O)CC3)CC2)cc1. The number of hydrogen-bond acceptors (Lipinski definition) is 24. The van der Waals surface area contributed by atoms with Gasteiger partial charge in [0, 0.05) is 161 Å². The second kappa shape index (κ2) is 39.3. The number of hydrogen-bond donors (Lipinski definition) is 11. The molecule has 2 aromatic heterocycles. The third kappa shape index (κ3) is 22.4. The molecule has 0 spiro atoms. The molecule has 5 amide bonds. The summed E-state index contributed by atoms with van der Waals surface area (Å²) in [4.78, 5) is 147. The van der Waals surface area contributed by atoms with E-state index in [1.54, 1.807) is 50.5 Å². The van der Waals surface area contributed by atoms with Crippen molar-refractivity contribution in [3.05, 3.63) is 107 Å². The first-order valence-corrected chi connectivity index (χ1v) is 37.8. The highest BCUT2D eigenvalue weighted by Gasteiger charge is 2.36. The van der Waals surface area contributed by atoms with Crippen molar-refractivity contribution in [3.63, 3.8) is 0 Å². The molecular weight excluding hydrogens is 1450 g/mol. The average Bonchev–Trinajstić information content (AvgIpc) is 1.61. The van der Waals surface area contributed by atoms with Gasteiger partial charge in [0.25, 0.3) is 5.91 Å². The summed E-state index contributed by atoms with van der Waals surface area (Å²) in [6.45, 7) is 15.5. The topological polar surface area (TPSA) is 456 Å². The number of carbonyl (C=O) groups is 10. The van der Waals surface area contributed by atoms with Gasteiger partial charge in [0.2, 0.25) is 41.1 Å². The molecular formula is C77H103N17O18. The Labute approximate surface area is 648 Å². The lowest BCUT2D eigenvalue weighted by atomic mass is 9.98. The summed E-state index contributed by atoms with van der Waals surface area (Å²) in [5.41, 5.74) is 4.50. The van der Waals surface area contributed by atoms with Crippen LogP contribution in [-0.4, -0.2) is 318 Å². The molecule has 35 nitrogen and oxygen atoms in total. The number of carboxylic acids is 4. The first kappa shape index (κ1) is 85.0. The van der Waals surface area contributed by atoms with Gasteiger partial charge in [-0.2, -0.15) is 0 Å². The van der Waals surface area contributed by atoms with Gasteiger partial charge < -0.3 is 66.6 Å². The van der Waals surface area contributed by atoms with E-state index >= 15 is 0 Å². The van der Waals surface area contributed by atoms with Gasteiger partial charge in [-0.3, -0.25) is 86.5 Å². The standard InChI is InChI=1S/C77H103N17O18/c1-8-10-60(95)72-83-81-70(56-37-54(47(3)4)61(96)40-63(56)98)93(72)52-15-11-50(12-16-52)43-86-29-35-92(36-30-86)76(110)49(7)79-74(108)58(80-65(100)20-19-59(77(111)112)90-31-25-88(45-68(104)105)23-21-87(44-67(102)103)22-24-89(26-32-90)46-69(106)107)39-66(101)91-33-27-85(28-34-91)42-51-13-17-53(18-14-51)94-71(82-84-73(94)75(109)78-9-2)57-38-55(48(5)6)62(97)41-64(57)99/h11-18,37-38,40-41,47-49,58-59,96-99H,8-10,19-36,39,42-46H2,1-7H3,(H,78,109)(H,79,108)(H,80,100)(H,102,103)(H,104,105)(H,106,107)(H,111,112)/t49-,58-,59-/m1/s1. The summed E-state index contributed by atoms with van der Waals surface area (Å²) in [6, 6.07) is 16.3. The second-order valence-electron chi connectivity index (χ2n) is 29.1. The number of carbonyl (C=O) groups excluding carboxylic acids is 6. The number of phenols is 4. The van der Waals surface area contributed by atoms with E-state index in [4.69, 9.17) is 0 Å². The number of nitrogens with one attached hydrogen (secondary N) is 3. The molecule has 11 N–H and O–H groups in total. The first-order chi connectivity index (χ1) is 53.4. The fourth-order valence-corrected chi connectivity index (χ4v) is 14.2. The van der Waals surface area contributed by atoms with Crippen LogP contribution in [0.3, 0.4) is 0 Å². The minimum atomic E-state index is -1.57. The fourth-order valence-electron chi connectivity index (χ4n) is 14.2. The number of rotatable bonds is 32. The summed E-state index contributed by atoms with van der Waals surface area (Å²) in [7, 11) is 0. The van der Waals surface area contributed by atoms with E-state index in [-0.39, 0.29) is 173 Å². The molecule has 3 aliphatic rings.